The van der Waals surface area contributed by atoms with Crippen molar-refractivity contribution >= 4 is 15.9 Å². The number of nitrogens with zero attached hydrogens (tertiary/aromatic N) is 1. The van der Waals surface area contributed by atoms with E-state index in [1.165, 1.54) is 4.31 Å². The number of amides is 1. The quantitative estimate of drug-likeness (QED) is 0.700. The van der Waals surface area contributed by atoms with Crippen molar-refractivity contribution in [2.75, 3.05) is 19.6 Å². The van der Waals surface area contributed by atoms with Crippen LogP contribution in [-0.2, 0) is 14.8 Å². The number of hydrogen-bond donors (Lipinski definition) is 1. The van der Waals surface area contributed by atoms with Gasteiger partial charge in [0.05, 0.1) is 11.2 Å². The molecule has 5 nitrogen and oxygen atoms in total. The standard InChI is InChI=1S/C11H20N2O3S/c1-2-3-6-12-11(14)9-7-13(8-9)17(15,16)10-4-5-10/h9-10H,2-8H2,1H3,(H,12,14). The second-order valence-electron chi connectivity index (χ2n) is 4.90. The largest absolute Gasteiger partial charge is 0.356 e. The van der Waals surface area contributed by atoms with Gasteiger partial charge in [0.1, 0.15) is 0 Å². The maximum absolute atomic E-state index is 11.8. The zero-order valence-electron chi connectivity index (χ0n) is 10.2. The molecule has 0 bridgehead atoms. The summed E-state index contributed by atoms with van der Waals surface area (Å²) in [6.07, 6.45) is 3.59. The molecule has 0 aromatic carbocycles. The summed E-state index contributed by atoms with van der Waals surface area (Å²) >= 11 is 0. The Morgan fingerprint density at radius 2 is 2.00 bits per heavy atom. The Labute approximate surface area is 103 Å². The molecule has 1 saturated carbocycles. The number of carbonyl (C=O) groups is 1. The van der Waals surface area contributed by atoms with Gasteiger partial charge in [-0.3, -0.25) is 4.79 Å². The first kappa shape index (κ1) is 12.8. The Morgan fingerprint density at radius 3 is 2.53 bits per heavy atom. The molecule has 0 aromatic heterocycles. The van der Waals surface area contributed by atoms with E-state index in [1.54, 1.807) is 0 Å². The molecule has 0 unspecified atom stereocenters. The third-order valence-corrected chi connectivity index (χ3v) is 5.69. The summed E-state index contributed by atoms with van der Waals surface area (Å²) in [6.45, 7) is 3.51. The van der Waals surface area contributed by atoms with Crippen LogP contribution in [0.4, 0.5) is 0 Å². The number of sulfonamides is 1. The highest BCUT2D eigenvalue weighted by Crippen LogP contribution is 2.34. The summed E-state index contributed by atoms with van der Waals surface area (Å²) in [5.41, 5.74) is 0. The van der Waals surface area contributed by atoms with E-state index in [4.69, 9.17) is 0 Å². The highest BCUT2D eigenvalue weighted by Gasteiger charge is 2.46. The first-order valence-electron chi connectivity index (χ1n) is 6.32. The van der Waals surface area contributed by atoms with Gasteiger partial charge in [0.2, 0.25) is 15.9 Å². The second kappa shape index (κ2) is 4.94. The molecule has 0 aromatic rings. The van der Waals surface area contributed by atoms with Crippen LogP contribution in [0.25, 0.3) is 0 Å². The Kier molecular flexibility index (Phi) is 3.73. The van der Waals surface area contributed by atoms with E-state index in [0.29, 0.717) is 19.6 Å². The summed E-state index contributed by atoms with van der Waals surface area (Å²) in [5.74, 6) is -0.138. The molecule has 1 aliphatic heterocycles. The molecule has 17 heavy (non-hydrogen) atoms. The normalized spacial score (nSPS) is 22.2. The minimum atomic E-state index is -3.07. The monoisotopic (exact) mass is 260 g/mol. The van der Waals surface area contributed by atoms with Gasteiger partial charge in [0.25, 0.3) is 0 Å². The van der Waals surface area contributed by atoms with Crippen molar-refractivity contribution in [1.29, 1.82) is 0 Å². The van der Waals surface area contributed by atoms with E-state index in [-0.39, 0.29) is 17.1 Å². The SMILES string of the molecule is CCCCNC(=O)C1CN(S(=O)(=O)C2CC2)C1. The fraction of sp³-hybridized carbons (Fsp3) is 0.909. The van der Waals surface area contributed by atoms with Gasteiger partial charge >= 0.3 is 0 Å². The number of hydrogen-bond acceptors (Lipinski definition) is 3. The zero-order valence-corrected chi connectivity index (χ0v) is 11.0. The van der Waals surface area contributed by atoms with E-state index in [2.05, 4.69) is 12.2 Å². The van der Waals surface area contributed by atoms with E-state index >= 15 is 0 Å². The van der Waals surface area contributed by atoms with Gasteiger partial charge < -0.3 is 5.32 Å². The average molecular weight is 260 g/mol. The van der Waals surface area contributed by atoms with Gasteiger partial charge in [-0.05, 0) is 19.3 Å². The molecule has 0 spiro atoms. The van der Waals surface area contributed by atoms with Crippen molar-refractivity contribution in [1.82, 2.24) is 9.62 Å². The van der Waals surface area contributed by atoms with Gasteiger partial charge in [0, 0.05) is 19.6 Å². The summed E-state index contributed by atoms with van der Waals surface area (Å²) in [5, 5.41) is 2.68. The molecule has 2 aliphatic rings. The molecule has 98 valence electrons. The van der Waals surface area contributed by atoms with Gasteiger partial charge in [-0.15, -0.1) is 0 Å². The van der Waals surface area contributed by atoms with E-state index in [9.17, 15) is 13.2 Å². The van der Waals surface area contributed by atoms with Crippen molar-refractivity contribution in [3.8, 4) is 0 Å². The van der Waals surface area contributed by atoms with Gasteiger partial charge in [-0.1, -0.05) is 13.3 Å². The lowest BCUT2D eigenvalue weighted by atomic mass is 10.0. The van der Waals surface area contributed by atoms with Crippen LogP contribution >= 0.6 is 0 Å². The summed E-state index contributed by atoms with van der Waals surface area (Å²) < 4.78 is 25.0. The third kappa shape index (κ3) is 2.80. The van der Waals surface area contributed by atoms with Crippen molar-refractivity contribution in [2.45, 2.75) is 37.9 Å². The van der Waals surface area contributed by atoms with Gasteiger partial charge in [0.15, 0.2) is 0 Å². The predicted octanol–water partition coefficient (Wildman–Crippen LogP) is 0.327. The second-order valence-corrected chi connectivity index (χ2v) is 7.12. The topological polar surface area (TPSA) is 66.5 Å². The Balaban J connectivity index is 1.73. The number of rotatable bonds is 6. The van der Waals surface area contributed by atoms with Crippen LogP contribution < -0.4 is 5.32 Å². The maximum Gasteiger partial charge on any atom is 0.225 e. The Bertz CT molecular complexity index is 384. The third-order valence-electron chi connectivity index (χ3n) is 3.35. The first-order valence-corrected chi connectivity index (χ1v) is 7.82. The number of carbonyl (C=O) groups excluding carboxylic acids is 1. The van der Waals surface area contributed by atoms with Gasteiger partial charge in [-0.2, -0.15) is 4.31 Å². The highest BCUT2D eigenvalue weighted by molar-refractivity contribution is 7.90. The molecular formula is C11H20N2O3S. The van der Waals surface area contributed by atoms with Crippen LogP contribution in [0.15, 0.2) is 0 Å². The lowest BCUT2D eigenvalue weighted by Crippen LogP contribution is -2.56. The van der Waals surface area contributed by atoms with Crippen molar-refractivity contribution in [2.24, 2.45) is 5.92 Å². The fourth-order valence-electron chi connectivity index (χ4n) is 1.92. The van der Waals surface area contributed by atoms with E-state index in [1.807, 2.05) is 0 Å². The molecule has 1 heterocycles. The van der Waals surface area contributed by atoms with Gasteiger partial charge in [-0.25, -0.2) is 8.42 Å². The molecule has 2 fully saturated rings. The molecule has 1 amide bonds. The van der Waals surface area contributed by atoms with Crippen LogP contribution in [0.5, 0.6) is 0 Å². The average Bonchev–Trinajstić information content (AvgIpc) is 2.98. The smallest absolute Gasteiger partial charge is 0.225 e. The Hall–Kier alpha value is -0.620. The van der Waals surface area contributed by atoms with Crippen molar-refractivity contribution in [3.05, 3.63) is 0 Å². The van der Waals surface area contributed by atoms with Crippen molar-refractivity contribution < 1.29 is 13.2 Å². The lowest BCUT2D eigenvalue weighted by molar-refractivity contribution is -0.128. The highest BCUT2D eigenvalue weighted by atomic mass is 32.2. The fourth-order valence-corrected chi connectivity index (χ4v) is 3.85. The van der Waals surface area contributed by atoms with Crippen LogP contribution in [0.2, 0.25) is 0 Å². The minimum Gasteiger partial charge on any atom is -0.356 e. The summed E-state index contributed by atoms with van der Waals surface area (Å²) in [4.78, 5) is 11.6. The molecule has 0 radical (unpaired) electrons. The summed E-state index contributed by atoms with van der Waals surface area (Å²) in [7, 11) is -3.07. The van der Waals surface area contributed by atoms with Crippen LogP contribution in [0.1, 0.15) is 32.6 Å². The van der Waals surface area contributed by atoms with Crippen LogP contribution in [0.3, 0.4) is 0 Å². The maximum atomic E-state index is 11.8. The Morgan fingerprint density at radius 1 is 1.35 bits per heavy atom. The predicted molar refractivity (Wildman–Crippen MR) is 64.9 cm³/mol. The molecule has 0 atom stereocenters. The molecule has 2 rings (SSSR count). The number of nitrogens with one attached hydrogen (secondary N) is 1. The molecule has 1 saturated heterocycles. The molecular weight excluding hydrogens is 240 g/mol. The van der Waals surface area contributed by atoms with Crippen LogP contribution in [-0.4, -0.2) is 43.5 Å². The lowest BCUT2D eigenvalue weighted by Gasteiger charge is -2.37. The molecule has 1 N–H and O–H groups in total. The van der Waals surface area contributed by atoms with E-state index < -0.39 is 10.0 Å². The minimum absolute atomic E-state index is 0.000645. The zero-order chi connectivity index (χ0) is 12.5. The first-order chi connectivity index (χ1) is 8.05. The summed E-state index contributed by atoms with van der Waals surface area (Å²) in [6, 6.07) is 0. The van der Waals surface area contributed by atoms with Crippen molar-refractivity contribution in [3.63, 3.8) is 0 Å². The molecule has 6 heteroatoms. The van der Waals surface area contributed by atoms with Crippen LogP contribution in [0, 0.1) is 5.92 Å². The van der Waals surface area contributed by atoms with E-state index in [0.717, 1.165) is 25.7 Å². The molecule has 1 aliphatic carbocycles. The number of unbranched alkanes of at least 4 members (excludes halogenated alkanes) is 1.